The van der Waals surface area contributed by atoms with Crippen LogP contribution in [0.1, 0.15) is 23.9 Å². The van der Waals surface area contributed by atoms with E-state index in [-0.39, 0.29) is 23.2 Å². The van der Waals surface area contributed by atoms with E-state index in [1.165, 1.54) is 6.07 Å². The number of halogens is 4. The first-order valence-corrected chi connectivity index (χ1v) is 9.73. The van der Waals surface area contributed by atoms with E-state index >= 15 is 0 Å². The Hall–Kier alpha value is -2.81. The first-order valence-electron chi connectivity index (χ1n) is 9.73. The fourth-order valence-corrected chi connectivity index (χ4v) is 4.23. The number of oxazole rings is 1. The lowest BCUT2D eigenvalue weighted by atomic mass is 9.94. The number of aromatic nitrogens is 1. The first kappa shape index (κ1) is 19.2. The van der Waals surface area contributed by atoms with Crippen molar-refractivity contribution in [3.8, 4) is 5.75 Å². The van der Waals surface area contributed by atoms with Crippen molar-refractivity contribution < 1.29 is 26.7 Å². The number of para-hydroxylation sites is 2. The maximum Gasteiger partial charge on any atom is 0.468 e. The van der Waals surface area contributed by atoms with Crippen LogP contribution in [0.4, 0.5) is 23.2 Å². The van der Waals surface area contributed by atoms with Gasteiger partial charge in [-0.2, -0.15) is 13.2 Å². The molecule has 9 heteroatoms. The molecule has 2 aliphatic heterocycles. The van der Waals surface area contributed by atoms with Crippen LogP contribution < -0.4 is 10.1 Å². The number of anilines is 1. The van der Waals surface area contributed by atoms with Gasteiger partial charge in [0.1, 0.15) is 24.0 Å². The Morgan fingerprint density at radius 2 is 1.93 bits per heavy atom. The molecule has 5 rings (SSSR count). The quantitative estimate of drug-likeness (QED) is 0.616. The van der Waals surface area contributed by atoms with Crippen molar-refractivity contribution in [1.82, 2.24) is 9.88 Å². The Morgan fingerprint density at radius 3 is 2.70 bits per heavy atom. The van der Waals surface area contributed by atoms with Crippen molar-refractivity contribution in [3.63, 3.8) is 0 Å². The lowest BCUT2D eigenvalue weighted by molar-refractivity contribution is -0.156. The zero-order valence-corrected chi connectivity index (χ0v) is 15.8. The van der Waals surface area contributed by atoms with Gasteiger partial charge >= 0.3 is 12.1 Å². The first-order chi connectivity index (χ1) is 14.4. The molecule has 3 unspecified atom stereocenters. The lowest BCUT2D eigenvalue weighted by Crippen LogP contribution is -2.47. The van der Waals surface area contributed by atoms with Crippen LogP contribution in [0, 0.1) is 0 Å². The molecule has 2 aromatic carbocycles. The van der Waals surface area contributed by atoms with Crippen LogP contribution in [0.15, 0.2) is 46.9 Å². The molecule has 0 aliphatic carbocycles. The van der Waals surface area contributed by atoms with E-state index in [0.717, 1.165) is 5.56 Å². The minimum Gasteiger partial charge on any atom is -0.491 e. The summed E-state index contributed by atoms with van der Waals surface area (Å²) in [5.41, 5.74) is 1.42. The van der Waals surface area contributed by atoms with Crippen molar-refractivity contribution in [2.45, 2.75) is 30.9 Å². The van der Waals surface area contributed by atoms with Gasteiger partial charge in [0.15, 0.2) is 5.58 Å². The number of fused-ring (bicyclic) bond motifs is 2. The molecule has 1 aromatic heterocycles. The van der Waals surface area contributed by atoms with Crippen LogP contribution in [0.2, 0.25) is 0 Å². The summed E-state index contributed by atoms with van der Waals surface area (Å²) in [6, 6.07) is 11.7. The fraction of sp³-hybridized carbons (Fsp3) is 0.381. The van der Waals surface area contributed by atoms with Crippen LogP contribution in [-0.2, 0) is 6.18 Å². The molecule has 0 amide bonds. The van der Waals surface area contributed by atoms with Gasteiger partial charge in [0.05, 0.1) is 17.8 Å². The molecule has 1 N–H and O–H groups in total. The number of nitrogens with one attached hydrogen (secondary N) is 1. The van der Waals surface area contributed by atoms with Crippen LogP contribution in [0.3, 0.4) is 0 Å². The van der Waals surface area contributed by atoms with E-state index < -0.39 is 18.2 Å². The Bertz CT molecular complexity index is 1070. The molecule has 3 heterocycles. The van der Waals surface area contributed by atoms with Crippen molar-refractivity contribution in [2.24, 2.45) is 0 Å². The monoisotopic (exact) mass is 421 g/mol. The van der Waals surface area contributed by atoms with E-state index in [1.54, 1.807) is 12.1 Å². The molecular weight excluding hydrogens is 402 g/mol. The number of hydrogen-bond acceptors (Lipinski definition) is 5. The second-order valence-electron chi connectivity index (χ2n) is 7.59. The smallest absolute Gasteiger partial charge is 0.468 e. The highest BCUT2D eigenvalue weighted by Crippen LogP contribution is 2.40. The zero-order chi connectivity index (χ0) is 20.9. The minimum atomic E-state index is -4.67. The van der Waals surface area contributed by atoms with Crippen LogP contribution in [-0.4, -0.2) is 41.8 Å². The Morgan fingerprint density at radius 1 is 1.10 bits per heavy atom. The van der Waals surface area contributed by atoms with E-state index in [2.05, 4.69) is 10.3 Å². The summed E-state index contributed by atoms with van der Waals surface area (Å²) in [6.07, 6.45) is -5.11. The van der Waals surface area contributed by atoms with Gasteiger partial charge in [-0.05, 0) is 24.6 Å². The summed E-state index contributed by atoms with van der Waals surface area (Å²) in [7, 11) is 0. The molecule has 5 nitrogen and oxygen atoms in total. The molecule has 30 heavy (non-hydrogen) atoms. The molecule has 3 atom stereocenters. The number of nitrogens with zero attached hydrogens (tertiary/aromatic N) is 2. The average Bonchev–Trinajstić information content (AvgIpc) is 3.35. The Labute approximate surface area is 169 Å². The molecule has 1 fully saturated rings. The maximum atomic E-state index is 13.9. The molecule has 0 spiro atoms. The third-order valence-electron chi connectivity index (χ3n) is 5.65. The number of hydrogen-bond donors (Lipinski definition) is 1. The molecular formula is C21H19F4N3O2. The van der Waals surface area contributed by atoms with Crippen LogP contribution >= 0.6 is 0 Å². The third kappa shape index (κ3) is 3.36. The van der Waals surface area contributed by atoms with Crippen molar-refractivity contribution >= 4 is 16.8 Å². The van der Waals surface area contributed by atoms with E-state index in [1.807, 2.05) is 29.2 Å². The highest BCUT2D eigenvalue weighted by atomic mass is 19.4. The predicted molar refractivity (Wildman–Crippen MR) is 102 cm³/mol. The fourth-order valence-electron chi connectivity index (χ4n) is 4.23. The van der Waals surface area contributed by atoms with Gasteiger partial charge in [-0.25, -0.2) is 9.37 Å². The maximum absolute atomic E-state index is 13.9. The molecule has 1 saturated heterocycles. The molecule has 3 aromatic rings. The summed E-state index contributed by atoms with van der Waals surface area (Å²) >= 11 is 0. The Kier molecular flexibility index (Phi) is 4.57. The highest BCUT2D eigenvalue weighted by Gasteiger charge is 2.40. The minimum absolute atomic E-state index is 0.0392. The SMILES string of the molecule is FC1CCN(C2COc3ccccc3C2Nc2cccc3nc(C(F)(F)F)oc23)C1. The van der Waals surface area contributed by atoms with E-state index in [0.29, 0.717) is 37.6 Å². The molecule has 0 saturated carbocycles. The number of benzene rings is 2. The standard InChI is InChI=1S/C21H19F4N3O2/c22-12-8-9-28(10-12)16-11-29-17-7-2-1-4-13(17)18(16)26-14-5-3-6-15-19(14)30-20(27-15)21(23,24)25/h1-7,12,16,18,26H,8-11H2. The highest BCUT2D eigenvalue weighted by molar-refractivity contribution is 5.86. The molecule has 0 radical (unpaired) electrons. The average molecular weight is 421 g/mol. The van der Waals surface area contributed by atoms with Gasteiger partial charge in [-0.3, -0.25) is 4.90 Å². The normalized spacial score (nSPS) is 24.6. The summed E-state index contributed by atoms with van der Waals surface area (Å²) < 4.78 is 64.1. The third-order valence-corrected chi connectivity index (χ3v) is 5.65. The van der Waals surface area contributed by atoms with Crippen molar-refractivity contribution in [3.05, 3.63) is 53.9 Å². The number of ether oxygens (including phenoxy) is 1. The van der Waals surface area contributed by atoms with Gasteiger partial charge in [-0.15, -0.1) is 0 Å². The second-order valence-corrected chi connectivity index (χ2v) is 7.59. The molecule has 0 bridgehead atoms. The topological polar surface area (TPSA) is 50.5 Å². The van der Waals surface area contributed by atoms with Gasteiger partial charge in [0.25, 0.3) is 0 Å². The zero-order valence-electron chi connectivity index (χ0n) is 15.8. The van der Waals surface area contributed by atoms with Crippen LogP contribution in [0.25, 0.3) is 11.1 Å². The summed E-state index contributed by atoms with van der Waals surface area (Å²) in [6.45, 7) is 1.25. The van der Waals surface area contributed by atoms with Gasteiger partial charge in [0.2, 0.25) is 0 Å². The molecule has 2 aliphatic rings. The number of rotatable bonds is 3. The van der Waals surface area contributed by atoms with Crippen molar-refractivity contribution in [2.75, 3.05) is 25.0 Å². The van der Waals surface area contributed by atoms with Gasteiger partial charge in [-0.1, -0.05) is 24.3 Å². The van der Waals surface area contributed by atoms with Crippen LogP contribution in [0.5, 0.6) is 5.75 Å². The largest absolute Gasteiger partial charge is 0.491 e. The second kappa shape index (κ2) is 7.16. The Balaban J connectivity index is 1.54. The summed E-state index contributed by atoms with van der Waals surface area (Å²) in [5.74, 6) is -0.585. The van der Waals surface area contributed by atoms with Gasteiger partial charge < -0.3 is 14.5 Å². The lowest BCUT2D eigenvalue weighted by Gasteiger charge is -2.39. The van der Waals surface area contributed by atoms with E-state index in [4.69, 9.17) is 9.15 Å². The predicted octanol–water partition coefficient (Wildman–Crippen LogP) is 4.80. The number of alkyl halides is 4. The molecule has 158 valence electrons. The number of likely N-dealkylation sites (tertiary alicyclic amines) is 1. The summed E-state index contributed by atoms with van der Waals surface area (Å²) in [5, 5.41) is 3.34. The summed E-state index contributed by atoms with van der Waals surface area (Å²) in [4.78, 5) is 5.60. The van der Waals surface area contributed by atoms with E-state index in [9.17, 15) is 17.6 Å². The van der Waals surface area contributed by atoms with Crippen molar-refractivity contribution in [1.29, 1.82) is 0 Å². The van der Waals surface area contributed by atoms with Gasteiger partial charge in [0, 0.05) is 18.7 Å².